The first-order valence-corrected chi connectivity index (χ1v) is 13.2. The molecule has 0 radical (unpaired) electrons. The average molecular weight is 462 g/mol. The third-order valence-electron chi connectivity index (χ3n) is 8.88. The number of hydrogen-bond donors (Lipinski definition) is 0. The van der Waals surface area contributed by atoms with Gasteiger partial charge < -0.3 is 14.7 Å². The fourth-order valence-electron chi connectivity index (χ4n) is 6.82. The van der Waals surface area contributed by atoms with Crippen molar-refractivity contribution in [3.8, 4) is 0 Å². The largest absolute Gasteiger partial charge is 0.373 e. The highest BCUT2D eigenvalue weighted by atomic mass is 19.1. The molecule has 1 saturated carbocycles. The summed E-state index contributed by atoms with van der Waals surface area (Å²) in [5.74, 6) is 2.65. The Morgan fingerprint density at radius 2 is 1.74 bits per heavy atom. The van der Waals surface area contributed by atoms with Crippen molar-refractivity contribution in [2.45, 2.75) is 38.0 Å². The van der Waals surface area contributed by atoms with E-state index in [-0.39, 0.29) is 11.7 Å². The number of fused-ring (bicyclic) bond motifs is 1. The zero-order valence-corrected chi connectivity index (χ0v) is 20.3. The first kappa shape index (κ1) is 22.1. The van der Waals surface area contributed by atoms with E-state index < -0.39 is 0 Å². The van der Waals surface area contributed by atoms with Crippen molar-refractivity contribution in [2.75, 3.05) is 51.2 Å². The maximum atomic E-state index is 13.7. The number of carbonyl (C=O) groups is 1. The molecule has 5 heteroatoms. The Labute approximate surface area is 202 Å². The second-order valence-corrected chi connectivity index (χ2v) is 11.1. The molecular formula is C29H36FN3O. The number of piperidine rings is 1. The Bertz CT molecular complexity index is 1040. The molecule has 0 aromatic heterocycles. The lowest BCUT2D eigenvalue weighted by atomic mass is 9.87. The van der Waals surface area contributed by atoms with E-state index in [9.17, 15) is 9.18 Å². The van der Waals surface area contributed by atoms with Gasteiger partial charge >= 0.3 is 0 Å². The van der Waals surface area contributed by atoms with Crippen LogP contribution < -0.4 is 4.90 Å². The molecule has 4 nitrogen and oxygen atoms in total. The number of anilines is 1. The second-order valence-electron chi connectivity index (χ2n) is 11.1. The lowest BCUT2D eigenvalue weighted by Gasteiger charge is -2.34. The van der Waals surface area contributed by atoms with Gasteiger partial charge in [-0.25, -0.2) is 4.39 Å². The molecule has 2 unspecified atom stereocenters. The minimum Gasteiger partial charge on any atom is -0.373 e. The maximum absolute atomic E-state index is 13.7. The number of likely N-dealkylation sites (tertiary alicyclic amines) is 2. The van der Waals surface area contributed by atoms with Gasteiger partial charge in [-0.2, -0.15) is 0 Å². The minimum absolute atomic E-state index is 0.153. The Morgan fingerprint density at radius 1 is 0.971 bits per heavy atom. The number of benzene rings is 2. The topological polar surface area (TPSA) is 26.8 Å². The number of para-hydroxylation sites is 1. The average Bonchev–Trinajstić information content (AvgIpc) is 3.51. The van der Waals surface area contributed by atoms with E-state index in [1.165, 1.54) is 24.0 Å². The summed E-state index contributed by atoms with van der Waals surface area (Å²) < 4.78 is 13.3. The lowest BCUT2D eigenvalue weighted by molar-refractivity contribution is 0.0780. The molecular weight excluding hydrogens is 425 g/mol. The summed E-state index contributed by atoms with van der Waals surface area (Å²) in [5, 5.41) is 0. The summed E-state index contributed by atoms with van der Waals surface area (Å²) in [5.41, 5.74) is 4.64. The van der Waals surface area contributed by atoms with Crippen LogP contribution in [0.5, 0.6) is 0 Å². The molecule has 0 spiro atoms. The van der Waals surface area contributed by atoms with Gasteiger partial charge in [0.05, 0.1) is 11.3 Å². The number of nitrogens with zero attached hydrogens (tertiary/aromatic N) is 3. The fraction of sp³-hybridized carbons (Fsp3) is 0.552. The van der Waals surface area contributed by atoms with Gasteiger partial charge in [-0.05, 0) is 98.2 Å². The SMILES string of the molecule is CN1CCc2cccc(C(=O)N3CC(CN4CCC(c5ccc(F)cc5)CC4)C(C4CC4)C3)c21. The lowest BCUT2D eigenvalue weighted by Crippen LogP contribution is -2.39. The standard InChI is InChI=1S/C29H36FN3O/c1-31-14-11-23-3-2-4-26(28(23)31)29(34)33-18-24(27(19-33)22-5-6-22)17-32-15-12-21(13-16-32)20-7-9-25(30)10-8-20/h2-4,7-10,21-22,24,27H,5-6,11-19H2,1H3. The van der Waals surface area contributed by atoms with E-state index in [0.717, 1.165) is 75.7 Å². The summed E-state index contributed by atoms with van der Waals surface area (Å²) in [4.78, 5) is 20.7. The molecule has 34 heavy (non-hydrogen) atoms. The van der Waals surface area contributed by atoms with Crippen LogP contribution in [0.1, 0.15) is 53.1 Å². The van der Waals surface area contributed by atoms with E-state index >= 15 is 0 Å². The molecule has 1 aliphatic carbocycles. The zero-order chi connectivity index (χ0) is 23.2. The van der Waals surface area contributed by atoms with Crippen molar-refractivity contribution in [2.24, 2.45) is 17.8 Å². The Kier molecular flexibility index (Phi) is 5.84. The van der Waals surface area contributed by atoms with Crippen LogP contribution in [0, 0.1) is 23.6 Å². The highest BCUT2D eigenvalue weighted by Crippen LogP contribution is 2.45. The molecule has 1 amide bonds. The zero-order valence-electron chi connectivity index (χ0n) is 20.3. The van der Waals surface area contributed by atoms with Crippen LogP contribution in [0.3, 0.4) is 0 Å². The van der Waals surface area contributed by atoms with Gasteiger partial charge in [-0.1, -0.05) is 24.3 Å². The van der Waals surface area contributed by atoms with E-state index in [1.54, 1.807) is 12.1 Å². The Hall–Kier alpha value is -2.40. The predicted molar refractivity (Wildman–Crippen MR) is 134 cm³/mol. The molecule has 3 heterocycles. The fourth-order valence-corrected chi connectivity index (χ4v) is 6.82. The summed E-state index contributed by atoms with van der Waals surface area (Å²) in [6.07, 6.45) is 5.97. The summed E-state index contributed by atoms with van der Waals surface area (Å²) in [7, 11) is 2.11. The van der Waals surface area contributed by atoms with E-state index in [1.807, 2.05) is 18.2 Å². The van der Waals surface area contributed by atoms with Crippen molar-refractivity contribution in [3.05, 3.63) is 65.0 Å². The van der Waals surface area contributed by atoms with Gasteiger partial charge in [0, 0.05) is 33.2 Å². The van der Waals surface area contributed by atoms with Crippen LogP contribution in [0.2, 0.25) is 0 Å². The molecule has 3 fully saturated rings. The quantitative estimate of drug-likeness (QED) is 0.640. The first-order valence-electron chi connectivity index (χ1n) is 13.2. The van der Waals surface area contributed by atoms with Crippen LogP contribution in [-0.4, -0.2) is 62.0 Å². The van der Waals surface area contributed by atoms with E-state index in [2.05, 4.69) is 33.9 Å². The van der Waals surface area contributed by atoms with Crippen molar-refractivity contribution in [1.29, 1.82) is 0 Å². The highest BCUT2D eigenvalue weighted by Gasteiger charge is 2.45. The highest BCUT2D eigenvalue weighted by molar-refractivity contribution is 6.01. The summed E-state index contributed by atoms with van der Waals surface area (Å²) >= 11 is 0. The van der Waals surface area contributed by atoms with Crippen molar-refractivity contribution >= 4 is 11.6 Å². The van der Waals surface area contributed by atoms with Crippen LogP contribution in [0.15, 0.2) is 42.5 Å². The second kappa shape index (κ2) is 8.99. The first-order chi connectivity index (χ1) is 16.6. The monoisotopic (exact) mass is 461 g/mol. The third-order valence-corrected chi connectivity index (χ3v) is 8.88. The van der Waals surface area contributed by atoms with Crippen molar-refractivity contribution in [3.63, 3.8) is 0 Å². The smallest absolute Gasteiger partial charge is 0.255 e. The van der Waals surface area contributed by atoms with Crippen LogP contribution >= 0.6 is 0 Å². The number of halogens is 1. The van der Waals surface area contributed by atoms with Gasteiger partial charge in [-0.3, -0.25) is 4.79 Å². The van der Waals surface area contributed by atoms with E-state index in [0.29, 0.717) is 17.8 Å². The molecule has 2 aromatic carbocycles. The number of amides is 1. The predicted octanol–water partition coefficient (Wildman–Crippen LogP) is 4.80. The van der Waals surface area contributed by atoms with E-state index in [4.69, 9.17) is 0 Å². The normalized spacial score (nSPS) is 25.7. The molecule has 2 atom stereocenters. The van der Waals surface area contributed by atoms with Crippen molar-refractivity contribution in [1.82, 2.24) is 9.80 Å². The van der Waals surface area contributed by atoms with Crippen LogP contribution in [0.25, 0.3) is 0 Å². The van der Waals surface area contributed by atoms with Gasteiger partial charge in [0.2, 0.25) is 0 Å². The molecule has 2 saturated heterocycles. The van der Waals surface area contributed by atoms with Gasteiger partial charge in [0.15, 0.2) is 0 Å². The number of hydrogen-bond acceptors (Lipinski definition) is 3. The van der Waals surface area contributed by atoms with Gasteiger partial charge in [-0.15, -0.1) is 0 Å². The molecule has 4 aliphatic rings. The number of rotatable bonds is 5. The molecule has 180 valence electrons. The molecule has 3 aliphatic heterocycles. The summed E-state index contributed by atoms with van der Waals surface area (Å²) in [6.45, 7) is 6.12. The number of likely N-dealkylation sites (N-methyl/N-ethyl adjacent to an activating group) is 1. The van der Waals surface area contributed by atoms with Gasteiger partial charge in [0.1, 0.15) is 5.82 Å². The van der Waals surface area contributed by atoms with Gasteiger partial charge in [0.25, 0.3) is 5.91 Å². The Balaban J connectivity index is 1.11. The molecule has 2 aromatic rings. The third kappa shape index (κ3) is 4.24. The molecule has 6 rings (SSSR count). The molecule has 0 bridgehead atoms. The molecule has 0 N–H and O–H groups in total. The minimum atomic E-state index is -0.153. The van der Waals surface area contributed by atoms with Crippen LogP contribution in [-0.2, 0) is 6.42 Å². The van der Waals surface area contributed by atoms with Crippen molar-refractivity contribution < 1.29 is 9.18 Å². The number of carbonyl (C=O) groups excluding carboxylic acids is 1. The van der Waals surface area contributed by atoms with Crippen LogP contribution in [0.4, 0.5) is 10.1 Å². The summed E-state index contributed by atoms with van der Waals surface area (Å²) in [6, 6.07) is 13.3. The Morgan fingerprint density at radius 3 is 2.47 bits per heavy atom. The maximum Gasteiger partial charge on any atom is 0.255 e.